The highest BCUT2D eigenvalue weighted by atomic mass is 32.1. The number of hydrogen-bond donors (Lipinski definition) is 1. The molecular weight excluding hydrogens is 224 g/mol. The summed E-state index contributed by atoms with van der Waals surface area (Å²) in [7, 11) is 1.91. The first-order chi connectivity index (χ1) is 7.81. The van der Waals surface area contributed by atoms with Crippen molar-refractivity contribution in [1.82, 2.24) is 10.2 Å². The van der Waals surface area contributed by atoms with Crippen LogP contribution in [-0.2, 0) is 11.3 Å². The number of thiophene rings is 1. The molecule has 0 saturated carbocycles. The number of nitrogens with one attached hydrogen (secondary N) is 1. The van der Waals surface area contributed by atoms with Gasteiger partial charge < -0.3 is 15.0 Å². The summed E-state index contributed by atoms with van der Waals surface area (Å²) in [6, 6.07) is 3.92. The summed E-state index contributed by atoms with van der Waals surface area (Å²) in [4.78, 5) is 16.0. The third-order valence-electron chi connectivity index (χ3n) is 2.52. The molecule has 1 fully saturated rings. The number of carbonyl (C=O) groups is 1. The molecule has 1 aromatic heterocycles. The maximum absolute atomic E-state index is 12.1. The van der Waals surface area contributed by atoms with Crippen molar-refractivity contribution in [1.29, 1.82) is 0 Å². The van der Waals surface area contributed by atoms with Crippen LogP contribution in [0.4, 0.5) is 0 Å². The summed E-state index contributed by atoms with van der Waals surface area (Å²) >= 11 is 1.56. The molecular formula is C11H16N2O2S. The van der Waals surface area contributed by atoms with Gasteiger partial charge in [-0.15, -0.1) is 11.3 Å². The van der Waals surface area contributed by atoms with E-state index in [1.807, 2.05) is 24.1 Å². The van der Waals surface area contributed by atoms with E-state index < -0.39 is 0 Å². The van der Waals surface area contributed by atoms with Gasteiger partial charge in [-0.1, -0.05) is 0 Å². The predicted octanol–water partition coefficient (Wildman–Crippen LogP) is 0.940. The van der Waals surface area contributed by atoms with Gasteiger partial charge in [-0.2, -0.15) is 0 Å². The van der Waals surface area contributed by atoms with Crippen LogP contribution in [0.15, 0.2) is 12.1 Å². The van der Waals surface area contributed by atoms with Crippen molar-refractivity contribution < 1.29 is 9.53 Å². The molecule has 4 nitrogen and oxygen atoms in total. The fraction of sp³-hybridized carbons (Fsp3) is 0.545. The molecule has 0 aromatic carbocycles. The molecule has 16 heavy (non-hydrogen) atoms. The van der Waals surface area contributed by atoms with E-state index >= 15 is 0 Å². The van der Waals surface area contributed by atoms with Crippen molar-refractivity contribution in [2.24, 2.45) is 0 Å². The van der Waals surface area contributed by atoms with E-state index in [2.05, 4.69) is 5.32 Å². The van der Waals surface area contributed by atoms with Crippen molar-refractivity contribution in [3.63, 3.8) is 0 Å². The topological polar surface area (TPSA) is 41.6 Å². The van der Waals surface area contributed by atoms with Crippen LogP contribution in [-0.4, -0.2) is 44.2 Å². The molecule has 1 aliphatic heterocycles. The van der Waals surface area contributed by atoms with Crippen LogP contribution in [0, 0.1) is 0 Å². The zero-order chi connectivity index (χ0) is 11.4. The lowest BCUT2D eigenvalue weighted by molar-refractivity contribution is 0.0306. The number of amides is 1. The number of rotatable bonds is 3. The fourth-order valence-electron chi connectivity index (χ4n) is 1.68. The van der Waals surface area contributed by atoms with E-state index in [0.717, 1.165) is 11.4 Å². The van der Waals surface area contributed by atoms with Gasteiger partial charge >= 0.3 is 0 Å². The van der Waals surface area contributed by atoms with Crippen molar-refractivity contribution in [3.8, 4) is 0 Å². The first-order valence-corrected chi connectivity index (χ1v) is 6.23. The zero-order valence-electron chi connectivity index (χ0n) is 9.36. The number of ether oxygens (including phenoxy) is 1. The van der Waals surface area contributed by atoms with Crippen LogP contribution >= 0.6 is 11.3 Å². The Balaban J connectivity index is 2.01. The van der Waals surface area contributed by atoms with Gasteiger partial charge in [0, 0.05) is 24.5 Å². The van der Waals surface area contributed by atoms with Gasteiger partial charge in [-0.25, -0.2) is 0 Å². The Kier molecular flexibility index (Phi) is 3.93. The lowest BCUT2D eigenvalue weighted by Crippen LogP contribution is -2.40. The van der Waals surface area contributed by atoms with E-state index in [-0.39, 0.29) is 5.91 Å². The maximum atomic E-state index is 12.1. The predicted molar refractivity (Wildman–Crippen MR) is 63.8 cm³/mol. The van der Waals surface area contributed by atoms with Gasteiger partial charge in [0.2, 0.25) is 0 Å². The molecule has 0 atom stereocenters. The molecule has 0 unspecified atom stereocenters. The Morgan fingerprint density at radius 3 is 2.94 bits per heavy atom. The van der Waals surface area contributed by atoms with Crippen LogP contribution in [0.2, 0.25) is 0 Å². The van der Waals surface area contributed by atoms with Gasteiger partial charge in [0.1, 0.15) is 0 Å². The molecule has 1 N–H and O–H groups in total. The van der Waals surface area contributed by atoms with E-state index in [0.29, 0.717) is 26.3 Å². The summed E-state index contributed by atoms with van der Waals surface area (Å²) in [6.45, 7) is 3.54. The molecule has 5 heteroatoms. The molecule has 0 aliphatic carbocycles. The lowest BCUT2D eigenvalue weighted by atomic mass is 10.3. The zero-order valence-corrected chi connectivity index (χ0v) is 10.2. The second-order valence-electron chi connectivity index (χ2n) is 3.70. The third-order valence-corrected chi connectivity index (χ3v) is 3.59. The Morgan fingerprint density at radius 1 is 1.50 bits per heavy atom. The monoisotopic (exact) mass is 240 g/mol. The molecule has 1 aliphatic rings. The van der Waals surface area contributed by atoms with Gasteiger partial charge in [-0.05, 0) is 19.2 Å². The number of morpholine rings is 1. The summed E-state index contributed by atoms with van der Waals surface area (Å²) in [5.74, 6) is 0.135. The Morgan fingerprint density at radius 2 is 2.25 bits per heavy atom. The highest BCUT2D eigenvalue weighted by molar-refractivity contribution is 7.14. The van der Waals surface area contributed by atoms with Gasteiger partial charge in [0.15, 0.2) is 0 Å². The highest BCUT2D eigenvalue weighted by Crippen LogP contribution is 2.18. The molecule has 2 rings (SSSR count). The summed E-state index contributed by atoms with van der Waals surface area (Å²) in [5, 5.41) is 3.08. The molecule has 88 valence electrons. The lowest BCUT2D eigenvalue weighted by Gasteiger charge is -2.26. The van der Waals surface area contributed by atoms with Crippen LogP contribution in [0.5, 0.6) is 0 Å². The smallest absolute Gasteiger partial charge is 0.264 e. The second-order valence-corrected chi connectivity index (χ2v) is 4.87. The summed E-state index contributed by atoms with van der Waals surface area (Å²) in [5.41, 5.74) is 0. The standard InChI is InChI=1S/C11H16N2O2S/c1-12-8-9-2-3-10(16-9)11(14)13-4-6-15-7-5-13/h2-3,12H,4-8H2,1H3. The molecule has 1 aromatic rings. The van der Waals surface area contributed by atoms with Crippen LogP contribution in [0.3, 0.4) is 0 Å². The average molecular weight is 240 g/mol. The van der Waals surface area contributed by atoms with Crippen molar-refractivity contribution in [3.05, 3.63) is 21.9 Å². The van der Waals surface area contributed by atoms with E-state index in [1.165, 1.54) is 4.88 Å². The van der Waals surface area contributed by atoms with Crippen molar-refractivity contribution in [2.75, 3.05) is 33.4 Å². The van der Waals surface area contributed by atoms with E-state index in [1.54, 1.807) is 11.3 Å². The quantitative estimate of drug-likeness (QED) is 0.855. The van der Waals surface area contributed by atoms with E-state index in [9.17, 15) is 4.79 Å². The normalized spacial score (nSPS) is 16.4. The van der Waals surface area contributed by atoms with E-state index in [4.69, 9.17) is 4.74 Å². The average Bonchev–Trinajstić information content (AvgIpc) is 2.78. The van der Waals surface area contributed by atoms with Gasteiger partial charge in [0.25, 0.3) is 5.91 Å². The molecule has 1 amide bonds. The SMILES string of the molecule is CNCc1ccc(C(=O)N2CCOCC2)s1. The molecule has 2 heterocycles. The minimum atomic E-state index is 0.135. The number of nitrogens with zero attached hydrogens (tertiary/aromatic N) is 1. The Hall–Kier alpha value is -0.910. The molecule has 0 radical (unpaired) electrons. The summed E-state index contributed by atoms with van der Waals surface area (Å²) < 4.78 is 5.23. The first-order valence-electron chi connectivity index (χ1n) is 5.41. The largest absolute Gasteiger partial charge is 0.378 e. The number of hydrogen-bond acceptors (Lipinski definition) is 4. The minimum absolute atomic E-state index is 0.135. The molecule has 1 saturated heterocycles. The third kappa shape index (κ3) is 2.61. The summed E-state index contributed by atoms with van der Waals surface area (Å²) in [6.07, 6.45) is 0. The highest BCUT2D eigenvalue weighted by Gasteiger charge is 2.19. The number of carbonyl (C=O) groups excluding carboxylic acids is 1. The second kappa shape index (κ2) is 5.43. The molecule has 0 spiro atoms. The Bertz CT molecular complexity index is 359. The Labute approximate surface area is 99.2 Å². The fourth-order valence-corrected chi connectivity index (χ4v) is 2.67. The van der Waals surface area contributed by atoms with Gasteiger partial charge in [-0.3, -0.25) is 4.79 Å². The van der Waals surface area contributed by atoms with Gasteiger partial charge in [0.05, 0.1) is 18.1 Å². The van der Waals surface area contributed by atoms with Crippen LogP contribution in [0.25, 0.3) is 0 Å². The molecule has 0 bridgehead atoms. The minimum Gasteiger partial charge on any atom is -0.378 e. The maximum Gasteiger partial charge on any atom is 0.264 e. The van der Waals surface area contributed by atoms with Crippen molar-refractivity contribution >= 4 is 17.2 Å². The van der Waals surface area contributed by atoms with Crippen LogP contribution in [0.1, 0.15) is 14.5 Å². The van der Waals surface area contributed by atoms with Crippen molar-refractivity contribution in [2.45, 2.75) is 6.54 Å². The van der Waals surface area contributed by atoms with Crippen LogP contribution < -0.4 is 5.32 Å². The first kappa shape index (κ1) is 11.6.